The molecule has 1 N–H and O–H groups in total. The first-order chi connectivity index (χ1) is 16.7. The van der Waals surface area contributed by atoms with Crippen LogP contribution in [0.15, 0.2) is 0 Å². The summed E-state index contributed by atoms with van der Waals surface area (Å²) in [6, 6.07) is 0.488. The third-order valence-electron chi connectivity index (χ3n) is 9.67. The fraction of sp³-hybridized carbons (Fsp3) is 0.929. The van der Waals surface area contributed by atoms with Gasteiger partial charge in [0.25, 0.3) is 0 Å². The molecule has 2 amide bonds. The Morgan fingerprint density at radius 1 is 0.829 bits per heavy atom. The number of amides is 2. The number of carbonyl (C=O) groups excluding carboxylic acids is 2. The molecule has 200 valence electrons. The third kappa shape index (κ3) is 7.45. The molecular formula is C28H48N2O4S. The minimum absolute atomic E-state index is 0.0899. The highest BCUT2D eigenvalue weighted by Crippen LogP contribution is 2.36. The summed E-state index contributed by atoms with van der Waals surface area (Å²) < 4.78 is 25.1. The summed E-state index contributed by atoms with van der Waals surface area (Å²) >= 11 is 0. The molecule has 4 fully saturated rings. The van der Waals surface area contributed by atoms with E-state index >= 15 is 0 Å². The van der Waals surface area contributed by atoms with E-state index in [9.17, 15) is 18.0 Å². The van der Waals surface area contributed by atoms with Crippen LogP contribution in [0, 0.1) is 23.7 Å². The van der Waals surface area contributed by atoms with Gasteiger partial charge in [-0.15, -0.1) is 0 Å². The summed E-state index contributed by atoms with van der Waals surface area (Å²) in [4.78, 5) is 27.8. The number of carbonyl (C=O) groups is 2. The molecule has 0 spiro atoms. The zero-order valence-corrected chi connectivity index (χ0v) is 22.9. The van der Waals surface area contributed by atoms with Crippen LogP contribution < -0.4 is 5.32 Å². The molecule has 0 unspecified atom stereocenters. The standard InChI is InChI=1S/C28H48N2O4S/c1-20(23-6-4-3-5-7-23)30(2)28(32)24-12-14-25(15-13-24)29-27(31)18-21-10-16-26(17-11-21)35(33,34)19-22-8-9-22/h20-26H,3-19H2,1-2H3,(H,29,31)/t20-,21?,24?,25?,26?/m0/s1. The second-order valence-electron chi connectivity index (χ2n) is 12.3. The zero-order chi connectivity index (χ0) is 25.0. The molecule has 4 rings (SSSR count). The van der Waals surface area contributed by atoms with E-state index in [1.807, 2.05) is 11.9 Å². The topological polar surface area (TPSA) is 83.6 Å². The monoisotopic (exact) mass is 508 g/mol. The van der Waals surface area contributed by atoms with E-state index in [1.165, 1.54) is 32.1 Å². The number of hydrogen-bond acceptors (Lipinski definition) is 4. The largest absolute Gasteiger partial charge is 0.353 e. The average Bonchev–Trinajstić information content (AvgIpc) is 3.67. The Morgan fingerprint density at radius 3 is 2.03 bits per heavy atom. The number of hydrogen-bond donors (Lipinski definition) is 1. The van der Waals surface area contributed by atoms with Gasteiger partial charge >= 0.3 is 0 Å². The maximum Gasteiger partial charge on any atom is 0.225 e. The van der Waals surface area contributed by atoms with Gasteiger partial charge in [0, 0.05) is 31.5 Å². The van der Waals surface area contributed by atoms with Crippen LogP contribution in [0.1, 0.15) is 110 Å². The number of sulfone groups is 1. The van der Waals surface area contributed by atoms with Gasteiger partial charge in [-0.2, -0.15) is 0 Å². The molecule has 4 saturated carbocycles. The highest BCUT2D eigenvalue weighted by atomic mass is 32.2. The molecule has 0 aromatic carbocycles. The predicted molar refractivity (Wildman–Crippen MR) is 140 cm³/mol. The van der Waals surface area contributed by atoms with Crippen LogP contribution in [0.3, 0.4) is 0 Å². The average molecular weight is 509 g/mol. The first-order valence-electron chi connectivity index (χ1n) is 14.5. The van der Waals surface area contributed by atoms with E-state index in [4.69, 9.17) is 0 Å². The van der Waals surface area contributed by atoms with Gasteiger partial charge in [-0.25, -0.2) is 8.42 Å². The molecule has 0 aromatic rings. The molecule has 0 aliphatic heterocycles. The van der Waals surface area contributed by atoms with E-state index in [-0.39, 0.29) is 23.1 Å². The van der Waals surface area contributed by atoms with Crippen LogP contribution in [0.2, 0.25) is 0 Å². The van der Waals surface area contributed by atoms with Crippen LogP contribution in [-0.4, -0.2) is 55.3 Å². The maximum atomic E-state index is 13.1. The molecule has 0 bridgehead atoms. The lowest BCUT2D eigenvalue weighted by atomic mass is 9.82. The SMILES string of the molecule is C[C@@H](C1CCCCC1)N(C)C(=O)C1CCC(NC(=O)CC2CCC(S(=O)(=O)CC3CC3)CC2)CC1. The smallest absolute Gasteiger partial charge is 0.225 e. The maximum absolute atomic E-state index is 13.1. The number of nitrogens with one attached hydrogen (secondary N) is 1. The van der Waals surface area contributed by atoms with Gasteiger partial charge in [0.1, 0.15) is 0 Å². The summed E-state index contributed by atoms with van der Waals surface area (Å²) in [5.74, 6) is 2.22. The van der Waals surface area contributed by atoms with Crippen molar-refractivity contribution in [2.75, 3.05) is 12.8 Å². The van der Waals surface area contributed by atoms with Gasteiger partial charge in [0.05, 0.1) is 11.0 Å². The molecule has 4 aliphatic rings. The minimum Gasteiger partial charge on any atom is -0.353 e. The Kier molecular flexibility index (Phi) is 9.20. The van der Waals surface area contributed by atoms with Crippen LogP contribution in [-0.2, 0) is 19.4 Å². The minimum atomic E-state index is -2.96. The lowest BCUT2D eigenvalue weighted by Gasteiger charge is -2.37. The van der Waals surface area contributed by atoms with Crippen LogP contribution in [0.4, 0.5) is 0 Å². The fourth-order valence-corrected chi connectivity index (χ4v) is 9.15. The van der Waals surface area contributed by atoms with Crippen molar-refractivity contribution in [3.63, 3.8) is 0 Å². The van der Waals surface area contributed by atoms with Crippen molar-refractivity contribution in [1.29, 1.82) is 0 Å². The molecule has 0 heterocycles. The van der Waals surface area contributed by atoms with E-state index in [0.717, 1.165) is 51.4 Å². The van der Waals surface area contributed by atoms with Gasteiger partial charge < -0.3 is 10.2 Å². The Hall–Kier alpha value is -1.11. The lowest BCUT2D eigenvalue weighted by Crippen LogP contribution is -2.46. The first-order valence-corrected chi connectivity index (χ1v) is 16.2. The molecule has 0 saturated heterocycles. The van der Waals surface area contributed by atoms with E-state index < -0.39 is 9.84 Å². The molecule has 0 aromatic heterocycles. The van der Waals surface area contributed by atoms with Crippen molar-refractivity contribution in [3.05, 3.63) is 0 Å². The number of rotatable bonds is 9. The van der Waals surface area contributed by atoms with Crippen molar-refractivity contribution in [3.8, 4) is 0 Å². The predicted octanol–water partition coefficient (Wildman–Crippen LogP) is 4.86. The van der Waals surface area contributed by atoms with Crippen molar-refractivity contribution in [2.24, 2.45) is 23.7 Å². The second kappa shape index (κ2) is 12.0. The summed E-state index contributed by atoms with van der Waals surface area (Å²) in [6.45, 7) is 2.22. The summed E-state index contributed by atoms with van der Waals surface area (Å²) in [6.07, 6.45) is 15.6. The van der Waals surface area contributed by atoms with E-state index in [0.29, 0.717) is 54.7 Å². The van der Waals surface area contributed by atoms with Gasteiger partial charge in [-0.3, -0.25) is 9.59 Å². The van der Waals surface area contributed by atoms with Gasteiger partial charge in [0.2, 0.25) is 11.8 Å². The molecule has 6 nitrogen and oxygen atoms in total. The Balaban J connectivity index is 1.14. The fourth-order valence-electron chi connectivity index (χ4n) is 6.90. The zero-order valence-electron chi connectivity index (χ0n) is 22.1. The highest BCUT2D eigenvalue weighted by molar-refractivity contribution is 7.92. The number of nitrogens with zero attached hydrogens (tertiary/aromatic N) is 1. The third-order valence-corrected chi connectivity index (χ3v) is 12.1. The molecule has 0 radical (unpaired) electrons. The van der Waals surface area contributed by atoms with Crippen molar-refractivity contribution >= 4 is 21.7 Å². The molecule has 7 heteroatoms. The molecule has 35 heavy (non-hydrogen) atoms. The Morgan fingerprint density at radius 2 is 1.43 bits per heavy atom. The Bertz CT molecular complexity index is 818. The van der Waals surface area contributed by atoms with Crippen LogP contribution in [0.25, 0.3) is 0 Å². The molecule has 1 atom stereocenters. The molecular weight excluding hydrogens is 460 g/mol. The van der Waals surface area contributed by atoms with E-state index in [1.54, 1.807) is 0 Å². The molecule has 4 aliphatic carbocycles. The first kappa shape index (κ1) is 26.9. The van der Waals surface area contributed by atoms with E-state index in [2.05, 4.69) is 12.2 Å². The highest BCUT2D eigenvalue weighted by Gasteiger charge is 2.37. The van der Waals surface area contributed by atoms with Crippen LogP contribution >= 0.6 is 0 Å². The van der Waals surface area contributed by atoms with Gasteiger partial charge in [-0.1, -0.05) is 19.3 Å². The van der Waals surface area contributed by atoms with Crippen molar-refractivity contribution in [1.82, 2.24) is 10.2 Å². The summed E-state index contributed by atoms with van der Waals surface area (Å²) in [5.41, 5.74) is 0. The lowest BCUT2D eigenvalue weighted by molar-refractivity contribution is -0.138. The second-order valence-corrected chi connectivity index (χ2v) is 14.6. The van der Waals surface area contributed by atoms with Gasteiger partial charge in [0.15, 0.2) is 9.84 Å². The summed E-state index contributed by atoms with van der Waals surface area (Å²) in [7, 11) is -0.969. The normalized spacial score (nSPS) is 31.5. The van der Waals surface area contributed by atoms with Crippen molar-refractivity contribution < 1.29 is 18.0 Å². The quantitative estimate of drug-likeness (QED) is 0.482. The van der Waals surface area contributed by atoms with Crippen LogP contribution in [0.5, 0.6) is 0 Å². The van der Waals surface area contributed by atoms with Gasteiger partial charge in [-0.05, 0) is 102 Å². The van der Waals surface area contributed by atoms with Crippen molar-refractivity contribution in [2.45, 2.75) is 127 Å². The summed E-state index contributed by atoms with van der Waals surface area (Å²) in [5, 5.41) is 3.04. The Labute approximate surface area is 213 Å².